The van der Waals surface area contributed by atoms with Crippen LogP contribution in [-0.2, 0) is 6.42 Å². The van der Waals surface area contributed by atoms with E-state index in [4.69, 9.17) is 0 Å². The summed E-state index contributed by atoms with van der Waals surface area (Å²) in [6.45, 7) is 0.822. The van der Waals surface area contributed by atoms with Gasteiger partial charge in [0.1, 0.15) is 5.69 Å². The van der Waals surface area contributed by atoms with E-state index in [0.717, 1.165) is 32.2 Å². The predicted molar refractivity (Wildman–Crippen MR) is 104 cm³/mol. The lowest BCUT2D eigenvalue weighted by atomic mass is 9.97. The molecule has 134 valence electrons. The van der Waals surface area contributed by atoms with E-state index in [0.29, 0.717) is 22.6 Å². The Morgan fingerprint density at radius 3 is 2.88 bits per heavy atom. The third-order valence-corrected chi connectivity index (χ3v) is 6.45. The van der Waals surface area contributed by atoms with Gasteiger partial charge in [0, 0.05) is 35.2 Å². The monoisotopic (exact) mass is 384 g/mol. The van der Waals surface area contributed by atoms with E-state index in [1.807, 2.05) is 10.3 Å². The van der Waals surface area contributed by atoms with Gasteiger partial charge in [-0.05, 0) is 49.6 Å². The second kappa shape index (κ2) is 8.05. The van der Waals surface area contributed by atoms with E-state index in [9.17, 15) is 4.79 Å². The molecule has 3 aromatic heterocycles. The lowest BCUT2D eigenvalue weighted by Gasteiger charge is -2.35. The van der Waals surface area contributed by atoms with Crippen molar-refractivity contribution < 1.29 is 4.79 Å². The predicted octanol–water partition coefficient (Wildman–Crippen LogP) is 4.29. The van der Waals surface area contributed by atoms with Crippen LogP contribution in [0.4, 0.5) is 0 Å². The highest BCUT2D eigenvalue weighted by atomic mass is 32.1. The molecule has 1 aliphatic rings. The van der Waals surface area contributed by atoms with Crippen LogP contribution >= 0.6 is 22.7 Å². The number of piperidine rings is 1. The number of carbonyl (C=O) groups excluding carboxylic acids is 1. The Morgan fingerprint density at radius 2 is 2.08 bits per heavy atom. The minimum absolute atomic E-state index is 0.0410. The molecule has 0 radical (unpaired) electrons. The fourth-order valence-corrected chi connectivity index (χ4v) is 4.83. The molecule has 26 heavy (non-hydrogen) atoms. The maximum Gasteiger partial charge on any atom is 0.273 e. The first-order chi connectivity index (χ1) is 12.8. The smallest absolute Gasteiger partial charge is 0.273 e. The molecular formula is C19H20N4OS2. The fraction of sp³-hybridized carbons (Fsp3) is 0.368. The third kappa shape index (κ3) is 3.83. The largest absolute Gasteiger partial charge is 0.334 e. The van der Waals surface area contributed by atoms with Crippen LogP contribution in [0.3, 0.4) is 0 Å². The van der Waals surface area contributed by atoms with Crippen LogP contribution < -0.4 is 0 Å². The van der Waals surface area contributed by atoms with Crippen molar-refractivity contribution in [2.24, 2.45) is 0 Å². The molecule has 7 heteroatoms. The Hall–Kier alpha value is -2.12. The van der Waals surface area contributed by atoms with Gasteiger partial charge in [-0.3, -0.25) is 4.79 Å². The number of thiazole rings is 1. The number of carbonyl (C=O) groups is 1. The number of aryl methyl sites for hydroxylation is 1. The van der Waals surface area contributed by atoms with Crippen molar-refractivity contribution in [3.8, 4) is 10.8 Å². The number of rotatable bonds is 5. The van der Waals surface area contributed by atoms with Crippen LogP contribution in [0.2, 0.25) is 0 Å². The van der Waals surface area contributed by atoms with Crippen molar-refractivity contribution in [3.05, 3.63) is 51.9 Å². The molecule has 0 bridgehead atoms. The summed E-state index contributed by atoms with van der Waals surface area (Å²) in [5, 5.41) is 4.64. The highest BCUT2D eigenvalue weighted by molar-refractivity contribution is 7.13. The molecule has 1 amide bonds. The zero-order chi connectivity index (χ0) is 17.8. The SMILES string of the molecule is O=C(c1csc(-c2ncccn2)n1)N1CCCCC1CCc1cccs1. The van der Waals surface area contributed by atoms with E-state index < -0.39 is 0 Å². The number of hydrogen-bond donors (Lipinski definition) is 0. The Kier molecular flexibility index (Phi) is 5.36. The molecule has 1 fully saturated rings. The van der Waals surface area contributed by atoms with Crippen molar-refractivity contribution in [1.29, 1.82) is 0 Å². The second-order valence-corrected chi connectivity index (χ2v) is 8.27. The molecule has 1 unspecified atom stereocenters. The average molecular weight is 385 g/mol. The molecule has 1 saturated heterocycles. The van der Waals surface area contributed by atoms with Crippen molar-refractivity contribution >= 4 is 28.6 Å². The van der Waals surface area contributed by atoms with E-state index in [-0.39, 0.29) is 5.91 Å². The maximum atomic E-state index is 13.0. The lowest BCUT2D eigenvalue weighted by Crippen LogP contribution is -2.44. The topological polar surface area (TPSA) is 59.0 Å². The summed E-state index contributed by atoms with van der Waals surface area (Å²) in [4.78, 5) is 29.4. The second-order valence-electron chi connectivity index (χ2n) is 6.38. The molecule has 0 aromatic carbocycles. The highest BCUT2D eigenvalue weighted by Gasteiger charge is 2.28. The van der Waals surface area contributed by atoms with Gasteiger partial charge in [0.2, 0.25) is 0 Å². The van der Waals surface area contributed by atoms with Gasteiger partial charge in [0.25, 0.3) is 5.91 Å². The van der Waals surface area contributed by atoms with Crippen molar-refractivity contribution in [1.82, 2.24) is 19.9 Å². The summed E-state index contributed by atoms with van der Waals surface area (Å²) < 4.78 is 0. The van der Waals surface area contributed by atoms with E-state index >= 15 is 0 Å². The average Bonchev–Trinajstić information content (AvgIpc) is 3.39. The quantitative estimate of drug-likeness (QED) is 0.658. The van der Waals surface area contributed by atoms with Gasteiger partial charge in [-0.2, -0.15) is 0 Å². The Bertz CT molecular complexity index is 848. The van der Waals surface area contributed by atoms with E-state index in [1.165, 1.54) is 22.6 Å². The minimum atomic E-state index is 0.0410. The number of thiophene rings is 1. The molecule has 1 atom stereocenters. The molecule has 4 rings (SSSR count). The van der Waals surface area contributed by atoms with Gasteiger partial charge in [-0.1, -0.05) is 6.07 Å². The first-order valence-electron chi connectivity index (χ1n) is 8.87. The molecule has 0 aliphatic carbocycles. The zero-order valence-corrected chi connectivity index (χ0v) is 16.0. The van der Waals surface area contributed by atoms with E-state index in [2.05, 4.69) is 32.5 Å². The van der Waals surface area contributed by atoms with Crippen molar-refractivity contribution in [3.63, 3.8) is 0 Å². The molecule has 3 aromatic rings. The van der Waals surface area contributed by atoms with Crippen molar-refractivity contribution in [2.75, 3.05) is 6.54 Å². The number of hydrogen-bond acceptors (Lipinski definition) is 6. The Balaban J connectivity index is 1.47. The number of nitrogens with zero attached hydrogens (tertiary/aromatic N) is 4. The van der Waals surface area contributed by atoms with Gasteiger partial charge in [0.15, 0.2) is 10.8 Å². The Labute approximate surface area is 160 Å². The van der Waals surface area contributed by atoms with Gasteiger partial charge < -0.3 is 4.90 Å². The molecule has 5 nitrogen and oxygen atoms in total. The van der Waals surface area contributed by atoms with Crippen LogP contribution in [0.25, 0.3) is 10.8 Å². The molecule has 0 spiro atoms. The minimum Gasteiger partial charge on any atom is -0.334 e. The number of amides is 1. The molecular weight excluding hydrogens is 364 g/mol. The summed E-state index contributed by atoms with van der Waals surface area (Å²) in [5.41, 5.74) is 0.514. The summed E-state index contributed by atoms with van der Waals surface area (Å²) in [6.07, 6.45) is 8.78. The summed E-state index contributed by atoms with van der Waals surface area (Å²) in [7, 11) is 0. The standard InChI is InChI=1S/C19H20N4OS2/c24-19(16-13-26-18(22-16)17-20-9-4-10-21-17)23-11-2-1-5-14(23)7-8-15-6-3-12-25-15/h3-4,6,9-10,12-14H,1-2,5,7-8,11H2. The Morgan fingerprint density at radius 1 is 1.19 bits per heavy atom. The maximum absolute atomic E-state index is 13.0. The van der Waals surface area contributed by atoms with Crippen LogP contribution in [-0.4, -0.2) is 38.3 Å². The highest BCUT2D eigenvalue weighted by Crippen LogP contribution is 2.26. The summed E-state index contributed by atoms with van der Waals surface area (Å²) in [6, 6.07) is 6.34. The third-order valence-electron chi connectivity index (χ3n) is 4.67. The summed E-state index contributed by atoms with van der Waals surface area (Å²) in [5.74, 6) is 0.615. The molecule has 0 N–H and O–H groups in total. The van der Waals surface area contributed by atoms with Gasteiger partial charge in [-0.25, -0.2) is 15.0 Å². The van der Waals surface area contributed by atoms with Crippen molar-refractivity contribution in [2.45, 2.75) is 38.1 Å². The molecule has 4 heterocycles. The first kappa shape index (κ1) is 17.3. The van der Waals surface area contributed by atoms with Crippen LogP contribution in [0.15, 0.2) is 41.4 Å². The van der Waals surface area contributed by atoms with Crippen LogP contribution in [0.1, 0.15) is 41.0 Å². The summed E-state index contributed by atoms with van der Waals surface area (Å²) >= 11 is 3.22. The van der Waals surface area contributed by atoms with Crippen LogP contribution in [0, 0.1) is 0 Å². The zero-order valence-electron chi connectivity index (χ0n) is 14.4. The molecule has 0 saturated carbocycles. The lowest BCUT2D eigenvalue weighted by molar-refractivity contribution is 0.0597. The first-order valence-corrected chi connectivity index (χ1v) is 10.6. The van der Waals surface area contributed by atoms with Gasteiger partial charge >= 0.3 is 0 Å². The molecule has 1 aliphatic heterocycles. The van der Waals surface area contributed by atoms with E-state index in [1.54, 1.807) is 29.8 Å². The van der Waals surface area contributed by atoms with Crippen LogP contribution in [0.5, 0.6) is 0 Å². The number of aromatic nitrogens is 3. The number of likely N-dealkylation sites (tertiary alicyclic amines) is 1. The van der Waals surface area contributed by atoms with Gasteiger partial charge in [-0.15, -0.1) is 22.7 Å². The normalized spacial score (nSPS) is 17.4. The van der Waals surface area contributed by atoms with Gasteiger partial charge in [0.05, 0.1) is 0 Å². The fourth-order valence-electron chi connectivity index (χ4n) is 3.36.